The van der Waals surface area contributed by atoms with Crippen molar-refractivity contribution < 1.29 is 19.1 Å². The van der Waals surface area contributed by atoms with Crippen LogP contribution in [0.25, 0.3) is 0 Å². The van der Waals surface area contributed by atoms with Crippen molar-refractivity contribution >= 4 is 46.4 Å². The highest BCUT2D eigenvalue weighted by Crippen LogP contribution is 2.27. The molecule has 2 aromatic rings. The Morgan fingerprint density at radius 2 is 1.76 bits per heavy atom. The lowest BCUT2D eigenvalue weighted by Gasteiger charge is -2.19. The van der Waals surface area contributed by atoms with E-state index in [1.54, 1.807) is 6.07 Å². The molecule has 0 atom stereocenters. The van der Waals surface area contributed by atoms with Crippen molar-refractivity contribution in [1.82, 2.24) is 0 Å². The summed E-state index contributed by atoms with van der Waals surface area (Å²) < 4.78 is 5.01. The zero-order valence-corrected chi connectivity index (χ0v) is 14.3. The second-order valence-electron chi connectivity index (χ2n) is 5.05. The van der Waals surface area contributed by atoms with E-state index in [2.05, 4.69) is 5.32 Å². The van der Waals surface area contributed by atoms with E-state index in [0.29, 0.717) is 17.1 Å². The molecular formula is C17H16ClN3O4. The zero-order chi connectivity index (χ0) is 18.6. The molecule has 2 aromatic carbocycles. The van der Waals surface area contributed by atoms with Crippen molar-refractivity contribution in [2.45, 2.75) is 6.92 Å². The number of nitrogens with one attached hydrogen (secondary N) is 1. The smallest absolute Gasteiger partial charge is 0.323 e. The third-order valence-electron chi connectivity index (χ3n) is 3.27. The number of rotatable bonds is 3. The van der Waals surface area contributed by atoms with Gasteiger partial charge in [0, 0.05) is 18.3 Å². The minimum atomic E-state index is -1.02. The highest BCUT2D eigenvalue weighted by Gasteiger charge is 2.27. The standard InChI is InChI=1S/C17H16ClN3O4/c1-10(22)21(13-6-3-11(19)4-7-13)17(24)16(23)20-12-5-8-15(25-2)14(18)9-12/h3-9H,19H2,1-2H3,(H,20,23). The molecule has 2 rings (SSSR count). The van der Waals surface area contributed by atoms with Gasteiger partial charge in [0.1, 0.15) is 5.75 Å². The van der Waals surface area contributed by atoms with Gasteiger partial charge in [0.05, 0.1) is 17.8 Å². The summed E-state index contributed by atoms with van der Waals surface area (Å²) in [4.78, 5) is 37.2. The van der Waals surface area contributed by atoms with E-state index in [-0.39, 0.29) is 10.7 Å². The number of imide groups is 1. The number of nitrogens with zero attached hydrogens (tertiary/aromatic N) is 1. The molecule has 0 unspecified atom stereocenters. The maximum atomic E-state index is 12.4. The van der Waals surface area contributed by atoms with E-state index in [1.807, 2.05) is 0 Å². The molecule has 130 valence electrons. The Hall–Kier alpha value is -3.06. The van der Waals surface area contributed by atoms with Gasteiger partial charge in [-0.3, -0.25) is 14.4 Å². The van der Waals surface area contributed by atoms with E-state index < -0.39 is 17.7 Å². The van der Waals surface area contributed by atoms with Gasteiger partial charge in [-0.1, -0.05) is 11.6 Å². The van der Waals surface area contributed by atoms with Crippen LogP contribution >= 0.6 is 11.6 Å². The van der Waals surface area contributed by atoms with Gasteiger partial charge in [-0.15, -0.1) is 0 Å². The van der Waals surface area contributed by atoms with Crippen molar-refractivity contribution in [3.05, 3.63) is 47.5 Å². The Bertz CT molecular complexity index is 821. The lowest BCUT2D eigenvalue weighted by molar-refractivity contribution is -0.136. The van der Waals surface area contributed by atoms with E-state index in [9.17, 15) is 14.4 Å². The number of nitrogen functional groups attached to an aromatic ring is 1. The minimum absolute atomic E-state index is 0.245. The van der Waals surface area contributed by atoms with Crippen molar-refractivity contribution in [3.8, 4) is 5.75 Å². The molecule has 3 N–H and O–H groups in total. The number of anilines is 3. The molecule has 0 saturated carbocycles. The summed E-state index contributed by atoms with van der Waals surface area (Å²) in [7, 11) is 1.46. The summed E-state index contributed by atoms with van der Waals surface area (Å²) in [6.07, 6.45) is 0. The second kappa shape index (κ2) is 7.67. The van der Waals surface area contributed by atoms with E-state index in [4.69, 9.17) is 22.1 Å². The number of benzene rings is 2. The second-order valence-corrected chi connectivity index (χ2v) is 5.46. The summed E-state index contributed by atoms with van der Waals surface area (Å²) in [5.74, 6) is -2.17. The first kappa shape index (κ1) is 18.3. The summed E-state index contributed by atoms with van der Waals surface area (Å²) in [5, 5.41) is 2.68. The maximum Gasteiger partial charge on any atom is 0.323 e. The maximum absolute atomic E-state index is 12.4. The van der Waals surface area contributed by atoms with E-state index in [1.165, 1.54) is 50.4 Å². The number of ether oxygens (including phenoxy) is 1. The van der Waals surface area contributed by atoms with Crippen LogP contribution in [0.3, 0.4) is 0 Å². The number of nitrogens with two attached hydrogens (primary N) is 1. The fraction of sp³-hybridized carbons (Fsp3) is 0.118. The molecule has 25 heavy (non-hydrogen) atoms. The van der Waals surface area contributed by atoms with Crippen LogP contribution in [-0.2, 0) is 14.4 Å². The first-order valence-electron chi connectivity index (χ1n) is 7.18. The normalized spacial score (nSPS) is 10.0. The van der Waals surface area contributed by atoms with Gasteiger partial charge in [-0.25, -0.2) is 4.90 Å². The van der Waals surface area contributed by atoms with Gasteiger partial charge < -0.3 is 15.8 Å². The van der Waals surface area contributed by atoms with Crippen LogP contribution in [0.1, 0.15) is 6.92 Å². The molecule has 0 aromatic heterocycles. The third-order valence-corrected chi connectivity index (χ3v) is 3.57. The van der Waals surface area contributed by atoms with Crippen molar-refractivity contribution in [2.75, 3.05) is 23.1 Å². The van der Waals surface area contributed by atoms with Gasteiger partial charge in [-0.05, 0) is 42.5 Å². The topological polar surface area (TPSA) is 102 Å². The predicted octanol–water partition coefficient (Wildman–Crippen LogP) is 2.45. The molecule has 3 amide bonds. The van der Waals surface area contributed by atoms with Crippen LogP contribution in [0, 0.1) is 0 Å². The average Bonchev–Trinajstić information content (AvgIpc) is 2.56. The number of halogens is 1. The van der Waals surface area contributed by atoms with Gasteiger partial charge >= 0.3 is 11.8 Å². The van der Waals surface area contributed by atoms with Crippen molar-refractivity contribution in [1.29, 1.82) is 0 Å². The van der Waals surface area contributed by atoms with Crippen molar-refractivity contribution in [2.24, 2.45) is 0 Å². The Labute approximate surface area is 149 Å². The largest absolute Gasteiger partial charge is 0.495 e. The van der Waals surface area contributed by atoms with Crippen LogP contribution in [-0.4, -0.2) is 24.8 Å². The third kappa shape index (κ3) is 4.27. The predicted molar refractivity (Wildman–Crippen MR) is 95.7 cm³/mol. The summed E-state index contributed by atoms with van der Waals surface area (Å²) in [6, 6.07) is 10.5. The van der Waals surface area contributed by atoms with E-state index >= 15 is 0 Å². The summed E-state index contributed by atoms with van der Waals surface area (Å²) >= 11 is 5.98. The SMILES string of the molecule is COc1ccc(NC(=O)C(=O)N(C(C)=O)c2ccc(N)cc2)cc1Cl. The minimum Gasteiger partial charge on any atom is -0.495 e. The lowest BCUT2D eigenvalue weighted by Crippen LogP contribution is -2.42. The highest BCUT2D eigenvalue weighted by molar-refractivity contribution is 6.48. The van der Waals surface area contributed by atoms with Gasteiger partial charge in [0.2, 0.25) is 5.91 Å². The van der Waals surface area contributed by atoms with Crippen LogP contribution in [0.4, 0.5) is 17.1 Å². The number of hydrogen-bond donors (Lipinski definition) is 2. The molecule has 0 radical (unpaired) electrons. The van der Waals surface area contributed by atoms with Crippen molar-refractivity contribution in [3.63, 3.8) is 0 Å². The Morgan fingerprint density at radius 1 is 1.12 bits per heavy atom. The molecule has 0 fully saturated rings. The number of hydrogen-bond acceptors (Lipinski definition) is 5. The Balaban J connectivity index is 2.21. The molecule has 0 aliphatic carbocycles. The number of methoxy groups -OCH3 is 1. The quantitative estimate of drug-likeness (QED) is 0.645. The molecule has 0 saturated heterocycles. The molecular weight excluding hydrogens is 346 g/mol. The molecule has 0 spiro atoms. The molecule has 0 bridgehead atoms. The van der Waals surface area contributed by atoms with Gasteiger partial charge in [0.25, 0.3) is 0 Å². The lowest BCUT2D eigenvalue weighted by atomic mass is 10.2. The average molecular weight is 362 g/mol. The van der Waals surface area contributed by atoms with Crippen LogP contribution in [0.15, 0.2) is 42.5 Å². The van der Waals surface area contributed by atoms with Gasteiger partial charge in [0.15, 0.2) is 0 Å². The molecule has 0 heterocycles. The number of carbonyl (C=O) groups excluding carboxylic acids is 3. The monoisotopic (exact) mass is 361 g/mol. The fourth-order valence-corrected chi connectivity index (χ4v) is 2.35. The Morgan fingerprint density at radius 3 is 2.28 bits per heavy atom. The summed E-state index contributed by atoms with van der Waals surface area (Å²) in [6.45, 7) is 1.19. The molecule has 0 aliphatic rings. The molecule has 7 nitrogen and oxygen atoms in total. The number of carbonyl (C=O) groups is 3. The van der Waals surface area contributed by atoms with Crippen LogP contribution in [0.5, 0.6) is 5.75 Å². The molecule has 0 aliphatic heterocycles. The number of amides is 3. The van der Waals surface area contributed by atoms with Gasteiger partial charge in [-0.2, -0.15) is 0 Å². The summed E-state index contributed by atoms with van der Waals surface area (Å²) in [5.41, 5.74) is 6.60. The van der Waals surface area contributed by atoms with Crippen LogP contribution < -0.4 is 20.7 Å². The zero-order valence-electron chi connectivity index (χ0n) is 13.6. The first-order valence-corrected chi connectivity index (χ1v) is 7.56. The fourth-order valence-electron chi connectivity index (χ4n) is 2.10. The first-order chi connectivity index (χ1) is 11.8. The Kier molecular flexibility index (Phi) is 5.61. The molecule has 8 heteroatoms. The van der Waals surface area contributed by atoms with Crippen LogP contribution in [0.2, 0.25) is 5.02 Å². The highest BCUT2D eigenvalue weighted by atomic mass is 35.5. The van der Waals surface area contributed by atoms with E-state index in [0.717, 1.165) is 4.90 Å².